The number of benzene rings is 1. The van der Waals surface area contributed by atoms with Gasteiger partial charge in [0.15, 0.2) is 0 Å². The van der Waals surface area contributed by atoms with Crippen LogP contribution in [0.3, 0.4) is 0 Å². The van der Waals surface area contributed by atoms with E-state index in [0.717, 1.165) is 5.56 Å². The van der Waals surface area contributed by atoms with E-state index in [4.69, 9.17) is 9.84 Å². The van der Waals surface area contributed by atoms with Gasteiger partial charge in [-0.05, 0) is 12.0 Å². The first-order chi connectivity index (χ1) is 7.70. The van der Waals surface area contributed by atoms with E-state index in [0.29, 0.717) is 13.0 Å². The second-order valence-electron chi connectivity index (χ2n) is 3.85. The molecule has 0 heterocycles. The zero-order valence-corrected chi connectivity index (χ0v) is 9.30. The molecule has 0 saturated carbocycles. The topological polar surface area (TPSA) is 49.7 Å². The molecular weight excluding hydrogens is 204 g/mol. The van der Waals surface area contributed by atoms with Crippen molar-refractivity contribution in [3.05, 3.63) is 48.6 Å². The van der Waals surface area contributed by atoms with Crippen molar-refractivity contribution in [1.82, 2.24) is 0 Å². The molecule has 2 N–H and O–H groups in total. The summed E-state index contributed by atoms with van der Waals surface area (Å²) in [7, 11) is 0. The first-order valence-corrected chi connectivity index (χ1v) is 5.26. The van der Waals surface area contributed by atoms with Gasteiger partial charge in [-0.15, -0.1) is 6.58 Å². The minimum Gasteiger partial charge on any atom is -0.393 e. The van der Waals surface area contributed by atoms with Crippen LogP contribution >= 0.6 is 0 Å². The number of ether oxygens (including phenoxy) is 1. The van der Waals surface area contributed by atoms with Gasteiger partial charge in [-0.2, -0.15) is 0 Å². The maximum Gasteiger partial charge on any atom is 0.114 e. The summed E-state index contributed by atoms with van der Waals surface area (Å²) in [6.45, 7) is 3.74. The summed E-state index contributed by atoms with van der Waals surface area (Å²) < 4.78 is 5.37. The smallest absolute Gasteiger partial charge is 0.114 e. The molecule has 0 fully saturated rings. The number of hydrogen-bond donors (Lipinski definition) is 2. The lowest BCUT2D eigenvalue weighted by atomic mass is 10.0. The van der Waals surface area contributed by atoms with Crippen LogP contribution in [-0.4, -0.2) is 29.0 Å². The SMILES string of the molecule is C=CC[C@](O)(CO)COCc1ccccc1. The molecular formula is C13H18O3. The average molecular weight is 222 g/mol. The van der Waals surface area contributed by atoms with Gasteiger partial charge in [0, 0.05) is 0 Å². The molecule has 0 saturated heterocycles. The standard InChI is InChI=1S/C13H18O3/c1-2-8-13(15,10-14)11-16-9-12-6-4-3-5-7-12/h2-7,14-15H,1,8-11H2/t13-/m0/s1. The summed E-state index contributed by atoms with van der Waals surface area (Å²) in [6.07, 6.45) is 1.89. The molecule has 0 aliphatic carbocycles. The Kier molecular flexibility index (Phi) is 5.19. The molecule has 0 aromatic heterocycles. The van der Waals surface area contributed by atoms with Gasteiger partial charge in [0.1, 0.15) is 5.60 Å². The molecule has 0 amide bonds. The van der Waals surface area contributed by atoms with E-state index < -0.39 is 5.60 Å². The molecule has 1 aromatic rings. The maximum absolute atomic E-state index is 9.85. The highest BCUT2D eigenvalue weighted by Gasteiger charge is 2.24. The van der Waals surface area contributed by atoms with E-state index in [9.17, 15) is 5.11 Å². The van der Waals surface area contributed by atoms with E-state index in [1.807, 2.05) is 30.3 Å². The third kappa shape index (κ3) is 4.14. The zero-order valence-electron chi connectivity index (χ0n) is 9.30. The average Bonchev–Trinajstić information content (AvgIpc) is 2.31. The second kappa shape index (κ2) is 6.43. The predicted molar refractivity (Wildman–Crippen MR) is 62.9 cm³/mol. The third-order valence-corrected chi connectivity index (χ3v) is 2.30. The van der Waals surface area contributed by atoms with Gasteiger partial charge in [-0.3, -0.25) is 0 Å². The van der Waals surface area contributed by atoms with E-state index in [2.05, 4.69) is 6.58 Å². The van der Waals surface area contributed by atoms with Crippen LogP contribution in [0.4, 0.5) is 0 Å². The van der Waals surface area contributed by atoms with Crippen LogP contribution in [0.5, 0.6) is 0 Å². The van der Waals surface area contributed by atoms with Crippen molar-refractivity contribution in [2.45, 2.75) is 18.6 Å². The lowest BCUT2D eigenvalue weighted by Crippen LogP contribution is -2.38. The fraction of sp³-hybridized carbons (Fsp3) is 0.385. The predicted octanol–water partition coefficient (Wildman–Crippen LogP) is 1.50. The molecule has 0 aliphatic heterocycles. The minimum absolute atomic E-state index is 0.102. The quantitative estimate of drug-likeness (QED) is 0.687. The molecule has 16 heavy (non-hydrogen) atoms. The third-order valence-electron chi connectivity index (χ3n) is 2.30. The van der Waals surface area contributed by atoms with Crippen molar-refractivity contribution >= 4 is 0 Å². The lowest BCUT2D eigenvalue weighted by molar-refractivity contribution is -0.0796. The molecule has 0 unspecified atom stereocenters. The molecule has 0 spiro atoms. The van der Waals surface area contributed by atoms with E-state index in [1.165, 1.54) is 0 Å². The van der Waals surface area contributed by atoms with Crippen molar-refractivity contribution in [3.8, 4) is 0 Å². The molecule has 3 nitrogen and oxygen atoms in total. The van der Waals surface area contributed by atoms with Gasteiger partial charge in [0.2, 0.25) is 0 Å². The van der Waals surface area contributed by atoms with Gasteiger partial charge >= 0.3 is 0 Å². The first kappa shape index (κ1) is 12.9. The fourth-order valence-electron chi connectivity index (χ4n) is 1.37. The van der Waals surface area contributed by atoms with Crippen LogP contribution in [0.1, 0.15) is 12.0 Å². The highest BCUT2D eigenvalue weighted by atomic mass is 16.5. The van der Waals surface area contributed by atoms with Crippen LogP contribution < -0.4 is 0 Å². The van der Waals surface area contributed by atoms with Crippen molar-refractivity contribution in [3.63, 3.8) is 0 Å². The van der Waals surface area contributed by atoms with Crippen LogP contribution in [0.2, 0.25) is 0 Å². The highest BCUT2D eigenvalue weighted by Crippen LogP contribution is 2.12. The van der Waals surface area contributed by atoms with Gasteiger partial charge in [-0.1, -0.05) is 36.4 Å². The van der Waals surface area contributed by atoms with Crippen LogP contribution in [0.15, 0.2) is 43.0 Å². The molecule has 1 atom stereocenters. The molecule has 88 valence electrons. The van der Waals surface area contributed by atoms with Crippen LogP contribution in [0.25, 0.3) is 0 Å². The van der Waals surface area contributed by atoms with Gasteiger partial charge in [0.25, 0.3) is 0 Å². The Balaban J connectivity index is 2.36. The van der Waals surface area contributed by atoms with Crippen molar-refractivity contribution < 1.29 is 14.9 Å². The van der Waals surface area contributed by atoms with Crippen LogP contribution in [-0.2, 0) is 11.3 Å². The fourth-order valence-corrected chi connectivity index (χ4v) is 1.37. The summed E-state index contributed by atoms with van der Waals surface area (Å²) in [5.41, 5.74) is -0.169. The Morgan fingerprint density at radius 3 is 2.56 bits per heavy atom. The summed E-state index contributed by atoms with van der Waals surface area (Å²) >= 11 is 0. The first-order valence-electron chi connectivity index (χ1n) is 5.26. The van der Waals surface area contributed by atoms with E-state index in [1.54, 1.807) is 6.08 Å². The molecule has 3 heteroatoms. The second-order valence-corrected chi connectivity index (χ2v) is 3.85. The summed E-state index contributed by atoms with van der Waals surface area (Å²) in [5, 5.41) is 18.9. The highest BCUT2D eigenvalue weighted by molar-refractivity contribution is 5.13. The minimum atomic E-state index is -1.21. The molecule has 1 aromatic carbocycles. The van der Waals surface area contributed by atoms with Gasteiger partial charge in [-0.25, -0.2) is 0 Å². The largest absolute Gasteiger partial charge is 0.393 e. The Morgan fingerprint density at radius 1 is 1.31 bits per heavy atom. The number of aliphatic hydroxyl groups excluding tert-OH is 1. The Labute approximate surface area is 96.0 Å². The van der Waals surface area contributed by atoms with E-state index in [-0.39, 0.29) is 13.2 Å². The Bertz CT molecular complexity index is 310. The molecule has 0 aliphatic rings. The van der Waals surface area contributed by atoms with E-state index >= 15 is 0 Å². The van der Waals surface area contributed by atoms with Gasteiger partial charge in [0.05, 0.1) is 19.8 Å². The van der Waals surface area contributed by atoms with Crippen molar-refractivity contribution in [1.29, 1.82) is 0 Å². The summed E-state index contributed by atoms with van der Waals surface area (Å²) in [4.78, 5) is 0. The molecule has 1 rings (SSSR count). The Morgan fingerprint density at radius 2 is 2.00 bits per heavy atom. The van der Waals surface area contributed by atoms with Crippen LogP contribution in [0, 0.1) is 0 Å². The number of rotatable bonds is 7. The Hall–Kier alpha value is -1.16. The van der Waals surface area contributed by atoms with Crippen molar-refractivity contribution in [2.75, 3.05) is 13.2 Å². The monoisotopic (exact) mass is 222 g/mol. The molecule has 0 bridgehead atoms. The maximum atomic E-state index is 9.85. The zero-order chi connectivity index (χ0) is 11.9. The molecule has 0 radical (unpaired) electrons. The number of hydrogen-bond acceptors (Lipinski definition) is 3. The summed E-state index contributed by atoms with van der Waals surface area (Å²) in [5.74, 6) is 0. The normalized spacial score (nSPS) is 14.4. The summed E-state index contributed by atoms with van der Waals surface area (Å²) in [6, 6.07) is 9.70. The van der Waals surface area contributed by atoms with Crippen molar-refractivity contribution in [2.24, 2.45) is 0 Å². The number of aliphatic hydroxyl groups is 2. The van der Waals surface area contributed by atoms with Gasteiger partial charge < -0.3 is 14.9 Å². The lowest BCUT2D eigenvalue weighted by Gasteiger charge is -2.24.